The Hall–Kier alpha value is -2.73. The standard InChI is InChI=1S/C20H15ClF2N2O2/c21-16-3-1-14-9-20(19(26)27,6-5-13(14)7-16)25-11-15(10-24-25)12-2-4-17(22)18(23)8-12/h1-4,7-8,10-11H,5-6,9H2,(H,26,27). The Morgan fingerprint density at radius 1 is 1.11 bits per heavy atom. The van der Waals surface area contributed by atoms with E-state index in [9.17, 15) is 18.7 Å². The monoisotopic (exact) mass is 388 g/mol. The zero-order valence-corrected chi connectivity index (χ0v) is 14.9. The van der Waals surface area contributed by atoms with Crippen LogP contribution in [0.15, 0.2) is 48.8 Å². The first-order valence-electron chi connectivity index (χ1n) is 8.40. The van der Waals surface area contributed by atoms with Gasteiger partial charge in [0.2, 0.25) is 0 Å². The summed E-state index contributed by atoms with van der Waals surface area (Å²) in [5.41, 5.74) is 1.67. The lowest BCUT2D eigenvalue weighted by molar-refractivity contribution is -0.149. The highest BCUT2D eigenvalue weighted by Gasteiger charge is 2.44. The molecule has 1 aliphatic rings. The van der Waals surface area contributed by atoms with Crippen LogP contribution >= 0.6 is 11.6 Å². The third kappa shape index (κ3) is 3.00. The zero-order valence-electron chi connectivity index (χ0n) is 14.1. The molecule has 0 radical (unpaired) electrons. The summed E-state index contributed by atoms with van der Waals surface area (Å²) in [6.45, 7) is 0. The summed E-state index contributed by atoms with van der Waals surface area (Å²) in [7, 11) is 0. The van der Waals surface area contributed by atoms with Gasteiger partial charge in [0.25, 0.3) is 0 Å². The van der Waals surface area contributed by atoms with Crippen molar-refractivity contribution in [1.29, 1.82) is 0 Å². The lowest BCUT2D eigenvalue weighted by Gasteiger charge is -2.34. The van der Waals surface area contributed by atoms with Gasteiger partial charge in [-0.3, -0.25) is 4.68 Å². The molecule has 0 spiro atoms. The molecule has 0 aliphatic heterocycles. The molecule has 0 saturated carbocycles. The van der Waals surface area contributed by atoms with Gasteiger partial charge in [-0.05, 0) is 53.8 Å². The van der Waals surface area contributed by atoms with Gasteiger partial charge in [-0.1, -0.05) is 23.7 Å². The fraction of sp³-hybridized carbons (Fsp3) is 0.200. The van der Waals surface area contributed by atoms with Crippen molar-refractivity contribution in [3.05, 3.63) is 76.6 Å². The highest BCUT2D eigenvalue weighted by molar-refractivity contribution is 6.30. The van der Waals surface area contributed by atoms with Crippen molar-refractivity contribution in [1.82, 2.24) is 9.78 Å². The van der Waals surface area contributed by atoms with Crippen LogP contribution < -0.4 is 0 Å². The predicted octanol–water partition coefficient (Wildman–Crippen LogP) is 4.45. The molecule has 1 N–H and O–H groups in total. The molecular weight excluding hydrogens is 374 g/mol. The van der Waals surface area contributed by atoms with Gasteiger partial charge in [0, 0.05) is 23.2 Å². The van der Waals surface area contributed by atoms with Gasteiger partial charge >= 0.3 is 5.97 Å². The van der Waals surface area contributed by atoms with Crippen LogP contribution in [0.4, 0.5) is 8.78 Å². The quantitative estimate of drug-likeness (QED) is 0.721. The van der Waals surface area contributed by atoms with Gasteiger partial charge in [-0.15, -0.1) is 0 Å². The van der Waals surface area contributed by atoms with Gasteiger partial charge in [0.05, 0.1) is 6.20 Å². The van der Waals surface area contributed by atoms with E-state index in [-0.39, 0.29) is 6.42 Å². The molecule has 0 fully saturated rings. The second kappa shape index (κ2) is 6.46. The number of aryl methyl sites for hydroxylation is 1. The largest absolute Gasteiger partial charge is 0.479 e. The van der Waals surface area contributed by atoms with E-state index in [1.807, 2.05) is 12.1 Å². The average Bonchev–Trinajstić information content (AvgIpc) is 3.14. The van der Waals surface area contributed by atoms with Crippen LogP contribution in [-0.2, 0) is 23.2 Å². The highest BCUT2D eigenvalue weighted by Crippen LogP contribution is 2.36. The molecule has 7 heteroatoms. The Labute approximate surface area is 159 Å². The lowest BCUT2D eigenvalue weighted by atomic mass is 9.78. The summed E-state index contributed by atoms with van der Waals surface area (Å²) in [6, 6.07) is 8.99. The SMILES string of the molecule is O=C(O)C1(n2cc(-c3ccc(F)c(F)c3)cn2)CCc2cc(Cl)ccc2C1. The molecule has 0 bridgehead atoms. The molecule has 1 heterocycles. The predicted molar refractivity (Wildman–Crippen MR) is 96.7 cm³/mol. The van der Waals surface area contributed by atoms with Crippen molar-refractivity contribution in [3.8, 4) is 11.1 Å². The third-order valence-electron chi connectivity index (χ3n) is 5.13. The second-order valence-corrected chi connectivity index (χ2v) is 7.17. The van der Waals surface area contributed by atoms with E-state index in [0.717, 1.165) is 23.3 Å². The van der Waals surface area contributed by atoms with Crippen molar-refractivity contribution in [3.63, 3.8) is 0 Å². The van der Waals surface area contributed by atoms with E-state index in [1.54, 1.807) is 12.3 Å². The van der Waals surface area contributed by atoms with Crippen molar-refractivity contribution >= 4 is 17.6 Å². The number of nitrogens with zero attached hydrogens (tertiary/aromatic N) is 2. The van der Waals surface area contributed by atoms with Crippen molar-refractivity contribution in [2.45, 2.75) is 24.8 Å². The maximum atomic E-state index is 13.5. The average molecular weight is 389 g/mol. The zero-order chi connectivity index (χ0) is 19.2. The van der Waals surface area contributed by atoms with Crippen LogP contribution in [0.3, 0.4) is 0 Å². The van der Waals surface area contributed by atoms with E-state index in [1.165, 1.54) is 16.9 Å². The third-order valence-corrected chi connectivity index (χ3v) is 5.37. The number of rotatable bonds is 3. The molecule has 0 amide bonds. The highest BCUT2D eigenvalue weighted by atomic mass is 35.5. The number of fused-ring (bicyclic) bond motifs is 1. The summed E-state index contributed by atoms with van der Waals surface area (Å²) in [5, 5.41) is 14.9. The molecule has 4 nitrogen and oxygen atoms in total. The second-order valence-electron chi connectivity index (χ2n) is 6.73. The van der Waals surface area contributed by atoms with Crippen LogP contribution in [0.5, 0.6) is 0 Å². The molecule has 138 valence electrons. The van der Waals surface area contributed by atoms with Gasteiger partial charge in [0.15, 0.2) is 17.2 Å². The van der Waals surface area contributed by atoms with E-state index < -0.39 is 23.1 Å². The Balaban J connectivity index is 1.74. The van der Waals surface area contributed by atoms with E-state index in [4.69, 9.17) is 11.6 Å². The fourth-order valence-corrected chi connectivity index (χ4v) is 3.80. The molecule has 0 saturated heterocycles. The first kappa shape index (κ1) is 17.7. The maximum Gasteiger partial charge on any atom is 0.332 e. The molecule has 1 atom stereocenters. The summed E-state index contributed by atoms with van der Waals surface area (Å²) in [6.07, 6.45) is 4.22. The number of hydrogen-bond donors (Lipinski definition) is 1. The number of carboxylic acid groups (broad SMARTS) is 1. The minimum atomic E-state index is -1.24. The smallest absolute Gasteiger partial charge is 0.332 e. The van der Waals surface area contributed by atoms with Crippen molar-refractivity contribution < 1.29 is 18.7 Å². The topological polar surface area (TPSA) is 55.1 Å². The van der Waals surface area contributed by atoms with Crippen molar-refractivity contribution in [2.75, 3.05) is 0 Å². The number of aromatic nitrogens is 2. The summed E-state index contributed by atoms with van der Waals surface area (Å²) in [5.74, 6) is -2.88. The van der Waals surface area contributed by atoms with Gasteiger partial charge in [-0.25, -0.2) is 13.6 Å². The van der Waals surface area contributed by atoms with Crippen LogP contribution in [-0.4, -0.2) is 20.9 Å². The molecule has 1 aliphatic carbocycles. The normalized spacial score (nSPS) is 18.9. The summed E-state index contributed by atoms with van der Waals surface area (Å²) in [4.78, 5) is 12.2. The van der Waals surface area contributed by atoms with Crippen LogP contribution in [0.1, 0.15) is 17.5 Å². The molecule has 1 aromatic heterocycles. The van der Waals surface area contributed by atoms with Gasteiger partial charge in [-0.2, -0.15) is 5.10 Å². The lowest BCUT2D eigenvalue weighted by Crippen LogP contribution is -2.47. The molecule has 4 rings (SSSR count). The Morgan fingerprint density at radius 2 is 1.93 bits per heavy atom. The summed E-state index contributed by atoms with van der Waals surface area (Å²) >= 11 is 6.03. The first-order chi connectivity index (χ1) is 12.9. The number of benzene rings is 2. The molecule has 1 unspecified atom stereocenters. The van der Waals surface area contributed by atoms with E-state index in [2.05, 4.69) is 5.10 Å². The Morgan fingerprint density at radius 3 is 2.67 bits per heavy atom. The minimum Gasteiger partial charge on any atom is -0.479 e. The number of carboxylic acids is 1. The number of hydrogen-bond acceptors (Lipinski definition) is 2. The van der Waals surface area contributed by atoms with Crippen LogP contribution in [0.2, 0.25) is 5.02 Å². The number of aliphatic carboxylic acids is 1. The number of halogens is 3. The molecule has 2 aromatic carbocycles. The van der Waals surface area contributed by atoms with E-state index in [0.29, 0.717) is 29.0 Å². The van der Waals surface area contributed by atoms with Crippen molar-refractivity contribution in [2.24, 2.45) is 0 Å². The van der Waals surface area contributed by atoms with Crippen LogP contribution in [0.25, 0.3) is 11.1 Å². The maximum absolute atomic E-state index is 13.5. The molecule has 3 aromatic rings. The summed E-state index contributed by atoms with van der Waals surface area (Å²) < 4.78 is 28.1. The first-order valence-corrected chi connectivity index (χ1v) is 8.78. The molecule has 27 heavy (non-hydrogen) atoms. The van der Waals surface area contributed by atoms with Crippen LogP contribution in [0, 0.1) is 11.6 Å². The fourth-order valence-electron chi connectivity index (χ4n) is 3.60. The Bertz CT molecular complexity index is 1050. The minimum absolute atomic E-state index is 0.272. The van der Waals surface area contributed by atoms with Gasteiger partial charge < -0.3 is 5.11 Å². The number of carbonyl (C=O) groups is 1. The Kier molecular flexibility index (Phi) is 4.23. The van der Waals surface area contributed by atoms with Gasteiger partial charge in [0.1, 0.15) is 0 Å². The van der Waals surface area contributed by atoms with E-state index >= 15 is 0 Å². The molecular formula is C20H15ClF2N2O2.